The SMILES string of the molecule is COC(O)N[C@H](C(=O)N1CCCC1c1ncc(-c2ccc(-c3csc4c(-c5cnc(C6CCCN6C(=O)[C@H](NC(=O)OCC(C)C)c6ccccc6)[nH]5)csc34)cc2)[nH]1)C(C)C. The second kappa shape index (κ2) is 18.9. The number of alkyl carbamates (subject to hydrolysis) is 1. The van der Waals surface area contributed by atoms with Gasteiger partial charge in [0, 0.05) is 42.1 Å². The Morgan fingerprint density at radius 2 is 1.39 bits per heavy atom. The monoisotopic (exact) mass is 878 g/mol. The van der Waals surface area contributed by atoms with Crippen molar-refractivity contribution in [1.29, 1.82) is 0 Å². The van der Waals surface area contributed by atoms with Gasteiger partial charge < -0.3 is 39.7 Å². The number of nitrogens with one attached hydrogen (secondary N) is 4. The summed E-state index contributed by atoms with van der Waals surface area (Å²) in [4.78, 5) is 60.9. The molecule has 5 N–H and O–H groups in total. The molecule has 6 aromatic rings. The highest BCUT2D eigenvalue weighted by molar-refractivity contribution is 7.27. The summed E-state index contributed by atoms with van der Waals surface area (Å²) >= 11 is 3.39. The van der Waals surface area contributed by atoms with E-state index < -0.39 is 24.6 Å². The highest BCUT2D eigenvalue weighted by Gasteiger charge is 2.39. The molecule has 0 spiro atoms. The largest absolute Gasteiger partial charge is 0.449 e. The van der Waals surface area contributed by atoms with E-state index in [0.717, 1.165) is 75.7 Å². The minimum Gasteiger partial charge on any atom is -0.449 e. The number of imidazole rings is 2. The van der Waals surface area contributed by atoms with Crippen LogP contribution in [0.4, 0.5) is 4.79 Å². The van der Waals surface area contributed by atoms with Crippen LogP contribution >= 0.6 is 22.7 Å². The van der Waals surface area contributed by atoms with Crippen LogP contribution in [0.5, 0.6) is 0 Å². The van der Waals surface area contributed by atoms with Crippen molar-refractivity contribution in [2.24, 2.45) is 11.8 Å². The zero-order chi connectivity index (χ0) is 43.5. The molecule has 2 aromatic carbocycles. The highest BCUT2D eigenvalue weighted by atomic mass is 32.1. The summed E-state index contributed by atoms with van der Waals surface area (Å²) in [6.07, 6.45) is 5.09. The van der Waals surface area contributed by atoms with E-state index >= 15 is 0 Å². The van der Waals surface area contributed by atoms with Crippen molar-refractivity contribution in [2.45, 2.75) is 84.0 Å². The molecule has 2 saturated heterocycles. The Labute approximate surface area is 369 Å². The van der Waals surface area contributed by atoms with Crippen molar-refractivity contribution in [3.05, 3.63) is 95.0 Å². The number of aliphatic hydroxyl groups is 1. The molecule has 0 saturated carbocycles. The Morgan fingerprint density at radius 3 is 2.02 bits per heavy atom. The average Bonchev–Trinajstić information content (AvgIpc) is 4.13. The first-order chi connectivity index (χ1) is 30.0. The predicted molar refractivity (Wildman–Crippen MR) is 241 cm³/mol. The van der Waals surface area contributed by atoms with Gasteiger partial charge in [-0.05, 0) is 54.2 Å². The third-order valence-electron chi connectivity index (χ3n) is 11.6. The molecule has 3 amide bonds. The van der Waals surface area contributed by atoms with E-state index in [1.807, 2.05) is 80.2 Å². The molecule has 4 aromatic heterocycles. The normalized spacial score (nSPS) is 18.2. The van der Waals surface area contributed by atoms with Crippen molar-refractivity contribution in [3.8, 4) is 33.6 Å². The number of rotatable bonds is 15. The van der Waals surface area contributed by atoms with Crippen LogP contribution in [-0.2, 0) is 19.1 Å². The Morgan fingerprint density at radius 1 is 0.806 bits per heavy atom. The second-order valence-electron chi connectivity index (χ2n) is 16.7. The van der Waals surface area contributed by atoms with E-state index in [-0.39, 0.29) is 42.3 Å². The fourth-order valence-electron chi connectivity index (χ4n) is 8.41. The van der Waals surface area contributed by atoms with Crippen LogP contribution in [0.15, 0.2) is 77.8 Å². The Balaban J connectivity index is 0.959. The topological polar surface area (TPSA) is 178 Å². The fourth-order valence-corrected chi connectivity index (χ4v) is 10.9. The summed E-state index contributed by atoms with van der Waals surface area (Å²) in [5.41, 5.74) is 6.79. The van der Waals surface area contributed by atoms with Crippen LogP contribution in [0.3, 0.4) is 0 Å². The molecule has 14 nitrogen and oxygen atoms in total. The van der Waals surface area contributed by atoms with E-state index in [1.54, 1.807) is 22.7 Å². The molecular formula is C46H54N8O6S2. The van der Waals surface area contributed by atoms with E-state index in [2.05, 4.69) is 55.6 Å². The summed E-state index contributed by atoms with van der Waals surface area (Å²) < 4.78 is 12.7. The van der Waals surface area contributed by atoms with Gasteiger partial charge in [-0.15, -0.1) is 22.7 Å². The van der Waals surface area contributed by atoms with Gasteiger partial charge in [-0.2, -0.15) is 0 Å². The molecule has 3 unspecified atom stereocenters. The quantitative estimate of drug-likeness (QED) is 0.0634. The molecule has 2 aliphatic rings. The number of aromatic amines is 2. The third-order valence-corrected chi connectivity index (χ3v) is 13.8. The number of carbonyl (C=O) groups excluding carboxylic acids is 3. The summed E-state index contributed by atoms with van der Waals surface area (Å²) in [6.45, 7) is 9.26. The van der Waals surface area contributed by atoms with E-state index in [1.165, 1.54) is 11.8 Å². The molecule has 0 aliphatic carbocycles. The molecule has 6 heterocycles. The molecule has 326 valence electrons. The van der Waals surface area contributed by atoms with Crippen LogP contribution in [0, 0.1) is 11.8 Å². The Kier molecular flexibility index (Phi) is 13.2. The number of likely N-dealkylation sites (tertiary alicyclic amines) is 2. The highest BCUT2D eigenvalue weighted by Crippen LogP contribution is 2.45. The first-order valence-electron chi connectivity index (χ1n) is 21.3. The minimum absolute atomic E-state index is 0.0486. The van der Waals surface area contributed by atoms with E-state index in [9.17, 15) is 19.5 Å². The molecule has 2 fully saturated rings. The van der Waals surface area contributed by atoms with Crippen molar-refractivity contribution in [2.75, 3.05) is 26.8 Å². The first kappa shape index (κ1) is 43.3. The number of H-pyrrole nitrogens is 2. The Bertz CT molecular complexity index is 2480. The van der Waals surface area contributed by atoms with Gasteiger partial charge in [-0.25, -0.2) is 14.8 Å². The number of hydrogen-bond acceptors (Lipinski definition) is 11. The molecule has 16 heteroatoms. The maximum absolute atomic E-state index is 14.2. The van der Waals surface area contributed by atoms with Gasteiger partial charge in [0.15, 0.2) is 0 Å². The van der Waals surface area contributed by atoms with Crippen LogP contribution in [0.25, 0.3) is 43.0 Å². The minimum atomic E-state index is -1.23. The lowest BCUT2D eigenvalue weighted by molar-refractivity contribution is -0.145. The maximum atomic E-state index is 14.2. The lowest BCUT2D eigenvalue weighted by Crippen LogP contribution is -2.52. The van der Waals surface area contributed by atoms with Crippen LogP contribution in [0.1, 0.15) is 88.7 Å². The lowest BCUT2D eigenvalue weighted by Gasteiger charge is -2.31. The number of fused-ring (bicyclic) bond motifs is 1. The fraction of sp³-hybridized carbons (Fsp3) is 0.413. The molecule has 8 rings (SSSR count). The first-order valence-corrected chi connectivity index (χ1v) is 23.0. The van der Waals surface area contributed by atoms with E-state index in [4.69, 9.17) is 19.4 Å². The Hall–Kier alpha value is -5.39. The molecule has 62 heavy (non-hydrogen) atoms. The number of methoxy groups -OCH3 is 1. The smallest absolute Gasteiger partial charge is 0.408 e. The summed E-state index contributed by atoms with van der Waals surface area (Å²) in [5, 5.41) is 20.1. The van der Waals surface area contributed by atoms with Gasteiger partial charge >= 0.3 is 6.09 Å². The second-order valence-corrected chi connectivity index (χ2v) is 18.5. The van der Waals surface area contributed by atoms with Gasteiger partial charge in [0.25, 0.3) is 5.91 Å². The van der Waals surface area contributed by atoms with E-state index in [0.29, 0.717) is 18.7 Å². The number of carbonyl (C=O) groups is 3. The average molecular weight is 879 g/mol. The number of benzene rings is 2. The molecule has 0 bridgehead atoms. The van der Waals surface area contributed by atoms with Gasteiger partial charge in [0.05, 0.1) is 57.9 Å². The third kappa shape index (κ3) is 9.06. The zero-order valence-corrected chi connectivity index (χ0v) is 37.2. The van der Waals surface area contributed by atoms with Crippen molar-refractivity contribution >= 4 is 50.0 Å². The number of hydrogen-bond donors (Lipinski definition) is 5. The molecule has 2 aliphatic heterocycles. The standard InChI is InChI=1S/C46H54N8O6S2/c1-26(2)23-60-46(58)52-38(30-11-7-6-8-12-30)44(56)54-20-10-14-36(54)42-48-22-34(50-42)32-25-62-39-31(24-61-40(32)39)28-15-17-29(18-16-28)33-21-47-41(49-33)35-13-9-19-53(35)43(55)37(27(3)4)51-45(57)59-5/h6-8,11-12,15-18,21-22,24-27,35-38,45,51,57H,9-10,13-14,19-20,23H2,1-5H3,(H,47,49)(H,48,50)(H,52,58)/t35?,36?,37-,38+,45?/m0/s1. The molecule has 5 atom stereocenters. The number of ether oxygens (including phenoxy) is 2. The molecular weight excluding hydrogens is 825 g/mol. The van der Waals surface area contributed by atoms with Crippen molar-refractivity contribution in [3.63, 3.8) is 0 Å². The van der Waals surface area contributed by atoms with Gasteiger partial charge in [0.1, 0.15) is 17.7 Å². The maximum Gasteiger partial charge on any atom is 0.408 e. The predicted octanol–water partition coefficient (Wildman–Crippen LogP) is 8.40. The number of amides is 3. The van der Waals surface area contributed by atoms with Gasteiger partial charge in [0.2, 0.25) is 12.3 Å². The summed E-state index contributed by atoms with van der Waals surface area (Å²) in [7, 11) is 1.39. The number of aliphatic hydroxyl groups excluding tert-OH is 1. The summed E-state index contributed by atoms with van der Waals surface area (Å²) in [6, 6.07) is 15.8. The zero-order valence-electron chi connectivity index (χ0n) is 35.6. The number of thiophene rings is 2. The van der Waals surface area contributed by atoms with Crippen LogP contribution in [-0.4, -0.2) is 92.0 Å². The number of aromatic nitrogens is 4. The van der Waals surface area contributed by atoms with Gasteiger partial charge in [-0.1, -0.05) is 82.3 Å². The number of nitrogens with zero attached hydrogens (tertiary/aromatic N) is 4. The van der Waals surface area contributed by atoms with Crippen molar-refractivity contribution < 1.29 is 29.0 Å². The molecule has 0 radical (unpaired) electrons. The lowest BCUT2D eigenvalue weighted by atomic mass is 10.0. The van der Waals surface area contributed by atoms with Crippen molar-refractivity contribution in [1.82, 2.24) is 40.4 Å². The van der Waals surface area contributed by atoms with Crippen LogP contribution < -0.4 is 10.6 Å². The van der Waals surface area contributed by atoms with Crippen LogP contribution in [0.2, 0.25) is 0 Å². The van der Waals surface area contributed by atoms with Gasteiger partial charge in [-0.3, -0.25) is 14.9 Å². The summed E-state index contributed by atoms with van der Waals surface area (Å²) in [5.74, 6) is 1.32.